The molecule has 1 unspecified atom stereocenters. The molecule has 4 heterocycles. The Morgan fingerprint density at radius 2 is 1.72 bits per heavy atom. The van der Waals surface area contributed by atoms with E-state index in [2.05, 4.69) is 37.2 Å². The number of hydroxylamine groups is 2. The second kappa shape index (κ2) is 32.3. The molecule has 3 saturated heterocycles. The van der Waals surface area contributed by atoms with E-state index in [-0.39, 0.29) is 111 Å². The summed E-state index contributed by atoms with van der Waals surface area (Å²) in [6.45, 7) is 9.41. The van der Waals surface area contributed by atoms with Crippen LogP contribution >= 0.6 is 23.8 Å². The first-order valence-electron chi connectivity index (χ1n) is 28.9. The van der Waals surface area contributed by atoms with Crippen molar-refractivity contribution in [1.29, 1.82) is 0 Å². The topological polar surface area (TPSA) is 371 Å². The zero-order valence-electron chi connectivity index (χ0n) is 50.8. The second-order valence-electron chi connectivity index (χ2n) is 22.3. The molecule has 2 aromatic rings. The number of epoxide rings is 1. The normalized spacial score (nSPS) is 25.1. The van der Waals surface area contributed by atoms with Gasteiger partial charge in [-0.05, 0) is 87.1 Å². The number of hydrogen-bond donors (Lipinski definition) is 10. The third kappa shape index (κ3) is 19.8. The molecule has 89 heavy (non-hydrogen) atoms. The zero-order chi connectivity index (χ0) is 65.3. The summed E-state index contributed by atoms with van der Waals surface area (Å²) >= 11 is 12.3. The molecule has 11 N–H and O–H groups in total. The van der Waals surface area contributed by atoms with Crippen LogP contribution in [0.1, 0.15) is 85.1 Å². The maximum atomic E-state index is 16.1. The Morgan fingerprint density at radius 3 is 2.38 bits per heavy atom. The fourth-order valence-electron chi connectivity index (χ4n) is 10.2. The Labute approximate surface area is 524 Å². The number of urea groups is 1. The molecule has 0 aliphatic carbocycles. The molecule has 0 aromatic heterocycles. The van der Waals surface area contributed by atoms with E-state index in [1.807, 2.05) is 13.0 Å². The van der Waals surface area contributed by atoms with Crippen molar-refractivity contribution in [3.05, 3.63) is 70.5 Å². The molecule has 4 aliphatic rings. The first-order chi connectivity index (χ1) is 42.2. The Bertz CT molecular complexity index is 2980. The highest BCUT2D eigenvalue weighted by Gasteiger charge is 2.64. The van der Waals surface area contributed by atoms with Crippen molar-refractivity contribution >= 4 is 93.8 Å². The first-order valence-corrected chi connectivity index (χ1v) is 29.7. The Balaban J connectivity index is 1.09. The SMILES string of the molecule is COc1cc2cc(c1Cl)N(C)C(=O)C[C@H](OC(=O)Nc1ccc(NC(=O)[C@H](CCCNC(N)=O)NC(=O)[C@@H](NC(=S)NCCOCCOCCC(=O)ON3C(=O)CCC3O)C(C)C)cc1F)[C@]1(C)O[C@H]1[C@H](C)[C@@H]1C[C@@](O)(NC(=O)O1)[C@H](OC)/C=C/C=C(\C)C2. The Kier molecular flexibility index (Phi) is 25.7. The molecular weight excluding hydrogens is 1210 g/mol. The Morgan fingerprint density at radius 1 is 0.989 bits per heavy atom. The smallest absolute Gasteiger partial charge is 0.412 e. The van der Waals surface area contributed by atoms with Crippen LogP contribution in [0.3, 0.4) is 0 Å². The van der Waals surface area contributed by atoms with Crippen LogP contribution < -0.4 is 52.6 Å². The number of anilines is 3. The van der Waals surface area contributed by atoms with Crippen LogP contribution in [0.2, 0.25) is 5.02 Å². The Hall–Kier alpha value is -7.45. The van der Waals surface area contributed by atoms with Crippen LogP contribution in [0.15, 0.2) is 54.1 Å². The summed E-state index contributed by atoms with van der Waals surface area (Å²) in [6.07, 6.45) is -2.46. The largest absolute Gasteiger partial charge is 0.495 e. The van der Waals surface area contributed by atoms with Gasteiger partial charge in [0.2, 0.25) is 17.7 Å². The number of ether oxygens (including phenoxy) is 7. The van der Waals surface area contributed by atoms with Crippen LogP contribution in [0.4, 0.5) is 35.8 Å². The number of aliphatic hydroxyl groups is 2. The summed E-state index contributed by atoms with van der Waals surface area (Å²) in [7, 11) is 4.31. The number of nitrogens with one attached hydrogen (secondary N) is 7. The van der Waals surface area contributed by atoms with Crippen molar-refractivity contribution < 1.29 is 91.0 Å². The van der Waals surface area contributed by atoms with Gasteiger partial charge in [0.25, 0.3) is 5.91 Å². The number of aliphatic hydroxyl groups excluding tert-OH is 1. The third-order valence-corrected chi connectivity index (χ3v) is 15.8. The molecule has 2 aromatic carbocycles. The van der Waals surface area contributed by atoms with Gasteiger partial charge in [-0.1, -0.05) is 56.2 Å². The molecule has 6 rings (SSSR count). The van der Waals surface area contributed by atoms with Crippen LogP contribution in [-0.2, 0) is 63.7 Å². The van der Waals surface area contributed by atoms with Gasteiger partial charge in [-0.25, -0.2) is 23.6 Å². The van der Waals surface area contributed by atoms with Crippen molar-refractivity contribution in [2.75, 3.05) is 76.3 Å². The number of nitrogens with zero attached hydrogens (tertiary/aromatic N) is 2. The van der Waals surface area contributed by atoms with Gasteiger partial charge in [0.1, 0.15) is 52.6 Å². The number of alkyl carbamates (subject to hydrolysis) is 1. The third-order valence-electron chi connectivity index (χ3n) is 15.2. The highest BCUT2D eigenvalue weighted by atomic mass is 35.5. The summed E-state index contributed by atoms with van der Waals surface area (Å²) in [5.74, 6) is -4.99. The van der Waals surface area contributed by atoms with Gasteiger partial charge in [-0.15, -0.1) is 5.06 Å². The van der Waals surface area contributed by atoms with Crippen LogP contribution in [-0.4, -0.2) is 183 Å². The predicted octanol–water partition coefficient (Wildman–Crippen LogP) is 3.70. The number of amides is 8. The lowest BCUT2D eigenvalue weighted by Gasteiger charge is -2.42. The number of carbonyl (C=O) groups is 8. The number of allylic oxidation sites excluding steroid dienone is 3. The molecule has 0 saturated carbocycles. The lowest BCUT2D eigenvalue weighted by atomic mass is 9.83. The number of carbonyl (C=O) groups excluding carboxylic acids is 8. The van der Waals surface area contributed by atoms with Crippen molar-refractivity contribution in [3.8, 4) is 5.75 Å². The molecule has 31 heteroatoms. The molecule has 490 valence electrons. The van der Waals surface area contributed by atoms with Gasteiger partial charge in [0, 0.05) is 58.1 Å². The van der Waals surface area contributed by atoms with Gasteiger partial charge in [0.05, 0.1) is 63.9 Å². The second-order valence-corrected chi connectivity index (χ2v) is 23.1. The minimum absolute atomic E-state index is 0.00894. The average Bonchev–Trinajstić information content (AvgIpc) is 1.59. The highest BCUT2D eigenvalue weighted by molar-refractivity contribution is 7.80. The van der Waals surface area contributed by atoms with Crippen molar-refractivity contribution in [3.63, 3.8) is 0 Å². The lowest BCUT2D eigenvalue weighted by molar-refractivity contribution is -0.221. The highest BCUT2D eigenvalue weighted by Crippen LogP contribution is 2.49. The van der Waals surface area contributed by atoms with E-state index < -0.39 is 126 Å². The van der Waals surface area contributed by atoms with E-state index in [1.54, 1.807) is 52.0 Å². The maximum absolute atomic E-state index is 16.1. The summed E-state index contributed by atoms with van der Waals surface area (Å²) in [5.41, 5.74) is 3.26. The van der Waals surface area contributed by atoms with Crippen LogP contribution in [0, 0.1) is 17.7 Å². The van der Waals surface area contributed by atoms with E-state index in [0.29, 0.717) is 11.5 Å². The number of nitrogens with two attached hydrogens (primary N) is 1. The number of hydrogen-bond acceptors (Lipinski definition) is 19. The number of rotatable bonds is 24. The average molecular weight is 1290 g/mol. The van der Waals surface area contributed by atoms with E-state index in [1.165, 1.54) is 32.2 Å². The molecule has 3 fully saturated rings. The molecule has 4 bridgehead atoms. The number of halogens is 2. The minimum atomic E-state index is -1.94. The maximum Gasteiger partial charge on any atom is 0.412 e. The van der Waals surface area contributed by atoms with Gasteiger partial charge in [-0.3, -0.25) is 29.8 Å². The van der Waals surface area contributed by atoms with Crippen molar-refractivity contribution in [2.45, 2.75) is 140 Å². The predicted molar refractivity (Wildman–Crippen MR) is 323 cm³/mol. The lowest BCUT2D eigenvalue weighted by Crippen LogP contribution is -2.63. The monoisotopic (exact) mass is 1290 g/mol. The standard InChI is InChI=1S/C58H80ClFN10O18S/c1-31(2)49(67-54(89)63-20-22-84-24-23-83-21-18-47(74)88-70-44(71)16-17-45(70)72)52(76)65-38(12-10-19-62-53(61)77)51(75)64-35-14-15-37(36(60)28-35)66-55(78)86-43-29-46(73)69(6)39-26-34(27-40(81-7)48(39)59)25-32(3)11-9-13-42(82-8)58(80)30-41(85-56(79)68-58)33(4)50-57(43,5)87-50/h9,11,13-15,26-28,31,33,38,41-44,49-50,71,80H,10,12,16-25,29-30H2,1-8H3,(H,64,75)(H,65,76)(H,66,78)(H,68,79)(H3,61,62,77)(H2,63,67,89)/b13-9+,32-11+/t33-,38+,41+,42-,43+,44?,49+,50+,57+,58+/m1/s1. The van der Waals surface area contributed by atoms with Gasteiger partial charge < -0.3 is 85.4 Å². The number of methoxy groups -OCH3 is 2. The van der Waals surface area contributed by atoms with Crippen LogP contribution in [0.5, 0.6) is 5.75 Å². The van der Waals surface area contributed by atoms with E-state index in [9.17, 15) is 48.6 Å². The molecule has 10 atom stereocenters. The van der Waals surface area contributed by atoms with Crippen molar-refractivity contribution in [1.82, 2.24) is 31.6 Å². The summed E-state index contributed by atoms with van der Waals surface area (Å²) in [5, 5.41) is 41.0. The summed E-state index contributed by atoms with van der Waals surface area (Å²) in [4.78, 5) is 110. The fraction of sp³-hybridized carbons (Fsp3) is 0.569. The quantitative estimate of drug-likeness (QED) is 0.0407. The van der Waals surface area contributed by atoms with Gasteiger partial charge in [-0.2, -0.15) is 0 Å². The molecule has 8 amide bonds. The molecular formula is C58H80ClFN10O18S. The van der Waals surface area contributed by atoms with E-state index in [4.69, 9.17) is 67.5 Å². The molecule has 0 radical (unpaired) electrons. The summed E-state index contributed by atoms with van der Waals surface area (Å²) < 4.78 is 56.1. The van der Waals surface area contributed by atoms with Crippen molar-refractivity contribution in [2.24, 2.45) is 17.6 Å². The van der Waals surface area contributed by atoms with Gasteiger partial charge >= 0.3 is 24.2 Å². The van der Waals surface area contributed by atoms with Gasteiger partial charge in [0.15, 0.2) is 17.1 Å². The number of thiocarbonyl (C=S) groups is 1. The van der Waals surface area contributed by atoms with Crippen LogP contribution in [0.25, 0.3) is 0 Å². The molecule has 4 aliphatic heterocycles. The number of primary amides is 1. The molecule has 28 nitrogen and oxygen atoms in total. The zero-order valence-corrected chi connectivity index (χ0v) is 52.3. The first kappa shape index (κ1) is 70.6. The molecule has 0 spiro atoms. The van der Waals surface area contributed by atoms with E-state index in [0.717, 1.165) is 23.3 Å². The summed E-state index contributed by atoms with van der Waals surface area (Å²) in [6, 6.07) is 3.78. The fourth-order valence-corrected chi connectivity index (χ4v) is 10.7. The van der Waals surface area contributed by atoms with E-state index >= 15 is 4.39 Å². The number of benzene rings is 2. The number of fused-ring (bicyclic) bond motifs is 5. The minimum Gasteiger partial charge on any atom is -0.495 e.